The number of nitrogens with two attached hydrogens (primary N) is 1. The highest BCUT2D eigenvalue weighted by Gasteiger charge is 2.14. The van der Waals surface area contributed by atoms with Gasteiger partial charge in [0.1, 0.15) is 0 Å². The zero-order valence-corrected chi connectivity index (χ0v) is 8.59. The van der Waals surface area contributed by atoms with Crippen LogP contribution in [0.25, 0.3) is 0 Å². The monoisotopic (exact) mass is 203 g/mol. The minimum atomic E-state index is 0.229. The topological polar surface area (TPSA) is 52.7 Å². The van der Waals surface area contributed by atoms with Gasteiger partial charge in [-0.05, 0) is 25.2 Å². The Morgan fingerprint density at radius 2 is 2.08 bits per heavy atom. The summed E-state index contributed by atoms with van der Waals surface area (Å²) in [6.07, 6.45) is 1.07. The van der Waals surface area contributed by atoms with Crippen molar-refractivity contribution >= 4 is 17.3 Å². The smallest absolute Gasteiger partial charge is 0.166 e. The second-order valence-electron chi connectivity index (χ2n) is 3.24. The third kappa shape index (κ3) is 3.46. The Hall–Kier alpha value is -0.390. The van der Waals surface area contributed by atoms with Crippen LogP contribution in [0.1, 0.15) is 6.42 Å². The van der Waals surface area contributed by atoms with Gasteiger partial charge in [-0.2, -0.15) is 0 Å². The van der Waals surface area contributed by atoms with Gasteiger partial charge in [-0.25, -0.2) is 0 Å². The van der Waals surface area contributed by atoms with Crippen molar-refractivity contribution in [1.82, 2.24) is 9.80 Å². The van der Waals surface area contributed by atoms with Crippen LogP contribution in [0.3, 0.4) is 0 Å². The van der Waals surface area contributed by atoms with E-state index < -0.39 is 0 Å². The van der Waals surface area contributed by atoms with Crippen molar-refractivity contribution in [3.8, 4) is 0 Å². The quantitative estimate of drug-likeness (QED) is 0.577. The van der Waals surface area contributed by atoms with E-state index in [-0.39, 0.29) is 6.61 Å². The molecule has 1 aliphatic heterocycles. The predicted octanol–water partition coefficient (Wildman–Crippen LogP) is -0.770. The molecular weight excluding hydrogens is 186 g/mol. The van der Waals surface area contributed by atoms with Crippen molar-refractivity contribution < 1.29 is 5.11 Å². The lowest BCUT2D eigenvalue weighted by molar-refractivity contribution is 0.202. The van der Waals surface area contributed by atoms with Crippen LogP contribution in [0.5, 0.6) is 0 Å². The van der Waals surface area contributed by atoms with Gasteiger partial charge in [0, 0.05) is 26.2 Å². The maximum absolute atomic E-state index is 8.78. The Bertz CT molecular complexity index is 177. The van der Waals surface area contributed by atoms with E-state index >= 15 is 0 Å². The Morgan fingerprint density at radius 1 is 1.31 bits per heavy atom. The molecule has 13 heavy (non-hydrogen) atoms. The van der Waals surface area contributed by atoms with Gasteiger partial charge in [0.05, 0.1) is 6.61 Å². The third-order valence-electron chi connectivity index (χ3n) is 2.32. The van der Waals surface area contributed by atoms with Gasteiger partial charge >= 0.3 is 0 Å². The molecule has 4 nitrogen and oxygen atoms in total. The van der Waals surface area contributed by atoms with Gasteiger partial charge < -0.3 is 15.7 Å². The molecule has 5 heteroatoms. The maximum Gasteiger partial charge on any atom is 0.166 e. The molecule has 76 valence electrons. The Labute approximate surface area is 84.3 Å². The van der Waals surface area contributed by atoms with Crippen LogP contribution in [0, 0.1) is 0 Å². The maximum atomic E-state index is 8.78. The molecule has 1 saturated heterocycles. The second-order valence-corrected chi connectivity index (χ2v) is 3.66. The standard InChI is InChI=1S/C8H17N3OS/c9-8(13)11-3-1-2-10(4-5-11)6-7-12/h12H,1-7H2,(H2,9,13). The summed E-state index contributed by atoms with van der Waals surface area (Å²) in [4.78, 5) is 4.25. The summed E-state index contributed by atoms with van der Waals surface area (Å²) in [5.41, 5.74) is 5.55. The largest absolute Gasteiger partial charge is 0.395 e. The highest BCUT2D eigenvalue weighted by atomic mass is 32.1. The van der Waals surface area contributed by atoms with E-state index in [2.05, 4.69) is 4.90 Å². The second kappa shape index (κ2) is 5.36. The SMILES string of the molecule is NC(=S)N1CCCN(CCO)CC1. The van der Waals surface area contributed by atoms with Gasteiger partial charge in [0.25, 0.3) is 0 Å². The molecule has 0 bridgehead atoms. The lowest BCUT2D eigenvalue weighted by Gasteiger charge is -2.21. The van der Waals surface area contributed by atoms with Crippen molar-refractivity contribution in [2.75, 3.05) is 39.3 Å². The van der Waals surface area contributed by atoms with Crippen LogP contribution in [0.4, 0.5) is 0 Å². The normalized spacial score (nSPS) is 19.9. The fourth-order valence-corrected chi connectivity index (χ4v) is 1.74. The molecule has 1 fully saturated rings. The number of aliphatic hydroxyl groups is 1. The van der Waals surface area contributed by atoms with Crippen LogP contribution < -0.4 is 5.73 Å². The molecule has 0 unspecified atom stereocenters. The molecule has 0 aromatic rings. The van der Waals surface area contributed by atoms with Crippen LogP contribution in [-0.2, 0) is 0 Å². The van der Waals surface area contributed by atoms with E-state index in [1.807, 2.05) is 4.90 Å². The first-order valence-corrected chi connectivity index (χ1v) is 5.02. The lowest BCUT2D eigenvalue weighted by Crippen LogP contribution is -2.38. The van der Waals surface area contributed by atoms with Crippen LogP contribution in [0.15, 0.2) is 0 Å². The van der Waals surface area contributed by atoms with Crippen LogP contribution in [-0.4, -0.2) is 59.3 Å². The van der Waals surface area contributed by atoms with E-state index in [4.69, 9.17) is 23.1 Å². The van der Waals surface area contributed by atoms with E-state index in [0.717, 1.165) is 39.1 Å². The third-order valence-corrected chi connectivity index (χ3v) is 2.57. The van der Waals surface area contributed by atoms with E-state index in [0.29, 0.717) is 5.11 Å². The Balaban J connectivity index is 2.35. The molecule has 0 spiro atoms. The molecule has 0 aromatic heterocycles. The fraction of sp³-hybridized carbons (Fsp3) is 0.875. The Morgan fingerprint density at radius 3 is 2.69 bits per heavy atom. The van der Waals surface area contributed by atoms with Gasteiger partial charge in [-0.3, -0.25) is 4.90 Å². The zero-order chi connectivity index (χ0) is 9.68. The minimum Gasteiger partial charge on any atom is -0.395 e. The summed E-state index contributed by atoms with van der Waals surface area (Å²) in [6, 6.07) is 0. The van der Waals surface area contributed by atoms with Gasteiger partial charge in [-0.1, -0.05) is 0 Å². The summed E-state index contributed by atoms with van der Waals surface area (Å²) < 4.78 is 0. The summed E-state index contributed by atoms with van der Waals surface area (Å²) in [6.45, 7) is 4.78. The molecular formula is C8H17N3OS. The number of hydrogen-bond donors (Lipinski definition) is 2. The summed E-state index contributed by atoms with van der Waals surface area (Å²) in [5.74, 6) is 0. The first-order chi connectivity index (χ1) is 6.24. The highest BCUT2D eigenvalue weighted by molar-refractivity contribution is 7.80. The number of hydrogen-bond acceptors (Lipinski definition) is 3. The first kappa shape index (κ1) is 10.7. The van der Waals surface area contributed by atoms with E-state index in [1.165, 1.54) is 0 Å². The number of rotatable bonds is 2. The number of thiocarbonyl (C=S) groups is 1. The van der Waals surface area contributed by atoms with Gasteiger partial charge in [0.15, 0.2) is 5.11 Å². The first-order valence-electron chi connectivity index (χ1n) is 4.61. The highest BCUT2D eigenvalue weighted by Crippen LogP contribution is 2.01. The minimum absolute atomic E-state index is 0.229. The molecule has 1 rings (SSSR count). The number of aliphatic hydroxyl groups excluding tert-OH is 1. The van der Waals surface area contributed by atoms with Gasteiger partial charge in [-0.15, -0.1) is 0 Å². The van der Waals surface area contributed by atoms with Crippen molar-refractivity contribution in [2.45, 2.75) is 6.42 Å². The molecule has 1 aliphatic rings. The average molecular weight is 203 g/mol. The average Bonchev–Trinajstić information content (AvgIpc) is 2.30. The predicted molar refractivity (Wildman–Crippen MR) is 56.5 cm³/mol. The van der Waals surface area contributed by atoms with Crippen molar-refractivity contribution in [3.05, 3.63) is 0 Å². The van der Waals surface area contributed by atoms with Crippen LogP contribution in [0.2, 0.25) is 0 Å². The number of nitrogens with zero attached hydrogens (tertiary/aromatic N) is 2. The molecule has 0 saturated carbocycles. The summed E-state index contributed by atoms with van der Waals surface area (Å²) >= 11 is 4.91. The van der Waals surface area contributed by atoms with Crippen molar-refractivity contribution in [2.24, 2.45) is 5.73 Å². The molecule has 0 amide bonds. The van der Waals surface area contributed by atoms with E-state index in [9.17, 15) is 0 Å². The summed E-state index contributed by atoms with van der Waals surface area (Å²) in [5, 5.41) is 9.27. The molecule has 0 atom stereocenters. The van der Waals surface area contributed by atoms with Crippen molar-refractivity contribution in [3.63, 3.8) is 0 Å². The molecule has 0 radical (unpaired) electrons. The van der Waals surface area contributed by atoms with Gasteiger partial charge in [0.2, 0.25) is 0 Å². The zero-order valence-electron chi connectivity index (χ0n) is 7.78. The molecule has 0 aromatic carbocycles. The van der Waals surface area contributed by atoms with Crippen LogP contribution >= 0.6 is 12.2 Å². The molecule has 0 aliphatic carbocycles. The number of β-amino-alcohol motifs (C(OH)–C–C–N with tert-alkyl or cyclic N) is 1. The molecule has 3 N–H and O–H groups in total. The fourth-order valence-electron chi connectivity index (χ4n) is 1.56. The molecule has 1 heterocycles. The Kier molecular flexibility index (Phi) is 4.41. The lowest BCUT2D eigenvalue weighted by atomic mass is 10.4. The van der Waals surface area contributed by atoms with Crippen molar-refractivity contribution in [1.29, 1.82) is 0 Å². The van der Waals surface area contributed by atoms with E-state index in [1.54, 1.807) is 0 Å². The summed E-state index contributed by atoms with van der Waals surface area (Å²) in [7, 11) is 0.